The van der Waals surface area contributed by atoms with Crippen LogP contribution in [-0.4, -0.2) is 19.5 Å². The zero-order valence-corrected chi connectivity index (χ0v) is 12.6. The number of nitro groups is 1. The number of fused-ring (bicyclic) bond motifs is 1. The Bertz CT molecular complexity index is 879. The number of para-hydroxylation sites is 2. The van der Waals surface area contributed by atoms with Crippen LogP contribution in [0, 0.1) is 10.1 Å². The molecule has 9 heteroatoms. The number of benzene rings is 1. The third kappa shape index (κ3) is 2.87. The van der Waals surface area contributed by atoms with E-state index in [1.807, 2.05) is 0 Å². The van der Waals surface area contributed by atoms with Crippen molar-refractivity contribution >= 4 is 22.5 Å². The molecule has 0 spiro atoms. The predicted molar refractivity (Wildman–Crippen MR) is 83.9 cm³/mol. The highest BCUT2D eigenvalue weighted by Crippen LogP contribution is 2.28. The number of aromatic nitrogens is 3. The molecule has 0 aliphatic rings. The van der Waals surface area contributed by atoms with E-state index >= 15 is 0 Å². The minimum Gasteiger partial charge on any atom is -0.360 e. The maximum absolute atomic E-state index is 13.4. The number of halogens is 2. The molecule has 124 valence electrons. The first kappa shape index (κ1) is 15.8. The SMILES string of the molecule is C[C@@H](Nc1ccc([N+](=O)[O-])cn1)c1nc2ccccc2n1C(F)F. The monoisotopic (exact) mass is 333 g/mol. The van der Waals surface area contributed by atoms with Crippen molar-refractivity contribution in [2.45, 2.75) is 19.5 Å². The number of hydrogen-bond acceptors (Lipinski definition) is 5. The van der Waals surface area contributed by atoms with Crippen LogP contribution >= 0.6 is 0 Å². The van der Waals surface area contributed by atoms with Gasteiger partial charge in [-0.2, -0.15) is 8.78 Å². The lowest BCUT2D eigenvalue weighted by molar-refractivity contribution is -0.385. The van der Waals surface area contributed by atoms with Gasteiger partial charge in [0, 0.05) is 6.07 Å². The molecule has 0 aliphatic heterocycles. The van der Waals surface area contributed by atoms with Crippen molar-refractivity contribution in [2.75, 3.05) is 5.32 Å². The van der Waals surface area contributed by atoms with Gasteiger partial charge >= 0.3 is 6.55 Å². The molecule has 0 unspecified atom stereocenters. The molecule has 2 heterocycles. The van der Waals surface area contributed by atoms with E-state index in [-0.39, 0.29) is 11.5 Å². The molecule has 0 saturated heterocycles. The fraction of sp³-hybridized carbons (Fsp3) is 0.200. The topological polar surface area (TPSA) is 85.9 Å². The Morgan fingerprint density at radius 2 is 2.00 bits per heavy atom. The summed E-state index contributed by atoms with van der Waals surface area (Å²) in [5.74, 6) is 0.493. The lowest BCUT2D eigenvalue weighted by atomic mass is 10.3. The molecule has 0 bridgehead atoms. The first-order valence-electron chi connectivity index (χ1n) is 7.09. The molecule has 7 nitrogen and oxygen atoms in total. The van der Waals surface area contributed by atoms with Gasteiger partial charge in [-0.3, -0.25) is 14.7 Å². The standard InChI is InChI=1S/C15H13F2N5O2/c1-9(19-13-7-6-10(8-18-13)22(23)24)14-20-11-4-2-3-5-12(11)21(14)15(16)17/h2-9,15H,1H3,(H,18,19)/t9-/m1/s1. The number of nitrogens with zero attached hydrogens (tertiary/aromatic N) is 4. The van der Waals surface area contributed by atoms with Gasteiger partial charge in [-0.15, -0.1) is 0 Å². The van der Waals surface area contributed by atoms with E-state index in [4.69, 9.17) is 0 Å². The highest BCUT2D eigenvalue weighted by Gasteiger charge is 2.22. The highest BCUT2D eigenvalue weighted by molar-refractivity contribution is 5.76. The average molecular weight is 333 g/mol. The van der Waals surface area contributed by atoms with Gasteiger partial charge in [0.05, 0.1) is 22.0 Å². The van der Waals surface area contributed by atoms with Crippen LogP contribution in [0.4, 0.5) is 20.3 Å². The van der Waals surface area contributed by atoms with Crippen molar-refractivity contribution in [1.29, 1.82) is 0 Å². The van der Waals surface area contributed by atoms with Crippen LogP contribution in [0.2, 0.25) is 0 Å². The summed E-state index contributed by atoms with van der Waals surface area (Å²) in [6.07, 6.45) is 1.10. The summed E-state index contributed by atoms with van der Waals surface area (Å²) in [7, 11) is 0. The molecule has 1 aromatic carbocycles. The van der Waals surface area contributed by atoms with Crippen molar-refractivity contribution < 1.29 is 13.7 Å². The molecule has 1 N–H and O–H groups in total. The number of rotatable bonds is 5. The van der Waals surface area contributed by atoms with Crippen molar-refractivity contribution in [3.63, 3.8) is 0 Å². The van der Waals surface area contributed by atoms with E-state index in [9.17, 15) is 18.9 Å². The fourth-order valence-electron chi connectivity index (χ4n) is 2.44. The van der Waals surface area contributed by atoms with Gasteiger partial charge in [-0.05, 0) is 25.1 Å². The Morgan fingerprint density at radius 1 is 1.25 bits per heavy atom. The summed E-state index contributed by atoms with van der Waals surface area (Å²) in [5.41, 5.74) is 0.666. The van der Waals surface area contributed by atoms with Gasteiger partial charge in [0.1, 0.15) is 17.8 Å². The van der Waals surface area contributed by atoms with Gasteiger partial charge in [0.15, 0.2) is 0 Å². The fourth-order valence-corrected chi connectivity index (χ4v) is 2.44. The maximum Gasteiger partial charge on any atom is 0.320 e. The first-order chi connectivity index (χ1) is 11.5. The molecule has 0 amide bonds. The molecular formula is C15H13F2N5O2. The van der Waals surface area contributed by atoms with Crippen LogP contribution in [-0.2, 0) is 0 Å². The Kier molecular flexibility index (Phi) is 4.07. The summed E-state index contributed by atoms with van der Waals surface area (Å²) >= 11 is 0. The molecule has 1 atom stereocenters. The molecule has 0 fully saturated rings. The van der Waals surface area contributed by atoms with E-state index in [1.54, 1.807) is 31.2 Å². The summed E-state index contributed by atoms with van der Waals surface area (Å²) < 4.78 is 27.7. The number of imidazole rings is 1. The quantitative estimate of drug-likeness (QED) is 0.565. The van der Waals surface area contributed by atoms with Crippen molar-refractivity contribution in [1.82, 2.24) is 14.5 Å². The number of hydrogen-bond donors (Lipinski definition) is 1. The Labute approximate surface area is 135 Å². The molecule has 3 aromatic rings. The second kappa shape index (κ2) is 6.19. The third-order valence-electron chi connectivity index (χ3n) is 3.53. The van der Waals surface area contributed by atoms with Gasteiger partial charge in [-0.25, -0.2) is 9.97 Å². The highest BCUT2D eigenvalue weighted by atomic mass is 19.3. The van der Waals surface area contributed by atoms with E-state index in [2.05, 4.69) is 15.3 Å². The van der Waals surface area contributed by atoms with E-state index < -0.39 is 17.5 Å². The normalized spacial score (nSPS) is 12.5. The third-order valence-corrected chi connectivity index (χ3v) is 3.53. The van der Waals surface area contributed by atoms with Crippen LogP contribution < -0.4 is 5.32 Å². The van der Waals surface area contributed by atoms with Crippen LogP contribution in [0.3, 0.4) is 0 Å². The van der Waals surface area contributed by atoms with Crippen molar-refractivity contribution in [2.24, 2.45) is 0 Å². The van der Waals surface area contributed by atoms with Crippen LogP contribution in [0.5, 0.6) is 0 Å². The van der Waals surface area contributed by atoms with Gasteiger partial charge in [0.25, 0.3) is 5.69 Å². The zero-order valence-electron chi connectivity index (χ0n) is 12.6. The largest absolute Gasteiger partial charge is 0.360 e. The van der Waals surface area contributed by atoms with E-state index in [0.717, 1.165) is 10.8 Å². The molecule has 24 heavy (non-hydrogen) atoms. The minimum atomic E-state index is -2.73. The van der Waals surface area contributed by atoms with E-state index in [1.165, 1.54) is 12.1 Å². The average Bonchev–Trinajstić information content (AvgIpc) is 2.95. The number of pyridine rings is 1. The number of nitrogens with one attached hydrogen (secondary N) is 1. The second-order valence-electron chi connectivity index (χ2n) is 5.13. The molecule has 2 aromatic heterocycles. The number of anilines is 1. The number of alkyl halides is 2. The smallest absolute Gasteiger partial charge is 0.320 e. The van der Waals surface area contributed by atoms with Crippen molar-refractivity contribution in [3.05, 3.63) is 58.5 Å². The zero-order chi connectivity index (χ0) is 17.3. The Balaban J connectivity index is 1.92. The van der Waals surface area contributed by atoms with Gasteiger partial charge < -0.3 is 5.32 Å². The van der Waals surface area contributed by atoms with Crippen LogP contribution in [0.15, 0.2) is 42.6 Å². The first-order valence-corrected chi connectivity index (χ1v) is 7.09. The minimum absolute atomic E-state index is 0.145. The summed E-state index contributed by atoms with van der Waals surface area (Å²) in [5, 5.41) is 13.6. The van der Waals surface area contributed by atoms with E-state index in [0.29, 0.717) is 16.9 Å². The Morgan fingerprint density at radius 3 is 2.62 bits per heavy atom. The second-order valence-corrected chi connectivity index (χ2v) is 5.13. The molecule has 3 rings (SSSR count). The van der Waals surface area contributed by atoms with Gasteiger partial charge in [0.2, 0.25) is 0 Å². The maximum atomic E-state index is 13.4. The summed E-state index contributed by atoms with van der Waals surface area (Å²) in [6.45, 7) is -1.06. The van der Waals surface area contributed by atoms with Crippen LogP contribution in [0.1, 0.15) is 25.3 Å². The predicted octanol–water partition coefficient (Wildman–Crippen LogP) is 3.91. The summed E-state index contributed by atoms with van der Waals surface area (Å²) in [6, 6.07) is 8.78. The van der Waals surface area contributed by atoms with Crippen LogP contribution in [0.25, 0.3) is 11.0 Å². The van der Waals surface area contributed by atoms with Crippen molar-refractivity contribution in [3.8, 4) is 0 Å². The lowest BCUT2D eigenvalue weighted by Gasteiger charge is -2.16. The lowest BCUT2D eigenvalue weighted by Crippen LogP contribution is -2.15. The molecular weight excluding hydrogens is 320 g/mol. The Hall–Kier alpha value is -3.10. The van der Waals surface area contributed by atoms with Gasteiger partial charge in [-0.1, -0.05) is 12.1 Å². The summed E-state index contributed by atoms with van der Waals surface area (Å²) in [4.78, 5) is 18.2. The molecule has 0 saturated carbocycles. The molecule has 0 radical (unpaired) electrons. The molecule has 0 aliphatic carbocycles.